The van der Waals surface area contributed by atoms with Gasteiger partial charge in [-0.25, -0.2) is 4.79 Å². The topological polar surface area (TPSA) is 244 Å². The maximum Gasteiger partial charge on any atom is 0.326 e. The molecule has 1 aromatic heterocycles. The first-order valence-corrected chi connectivity index (χ1v) is 13.0. The number of benzene rings is 2. The molecule has 0 aliphatic rings. The van der Waals surface area contributed by atoms with Gasteiger partial charge in [-0.05, 0) is 42.7 Å². The van der Waals surface area contributed by atoms with Crippen LogP contribution in [0.15, 0.2) is 54.7 Å². The molecule has 3 rings (SSSR count). The van der Waals surface area contributed by atoms with Crippen molar-refractivity contribution in [3.8, 4) is 5.75 Å². The summed E-state index contributed by atoms with van der Waals surface area (Å²) >= 11 is 0. The van der Waals surface area contributed by atoms with Gasteiger partial charge < -0.3 is 47.1 Å². The number of aromatic amines is 1. The summed E-state index contributed by atoms with van der Waals surface area (Å²) in [6.07, 6.45) is -0.873. The van der Waals surface area contributed by atoms with Crippen molar-refractivity contribution in [2.45, 2.75) is 56.5 Å². The summed E-state index contributed by atoms with van der Waals surface area (Å²) in [5, 5.41) is 46.1. The van der Waals surface area contributed by atoms with Crippen molar-refractivity contribution in [3.63, 3.8) is 0 Å². The number of rotatable bonds is 14. The Morgan fingerprint density at radius 1 is 0.857 bits per heavy atom. The van der Waals surface area contributed by atoms with Gasteiger partial charge in [0.1, 0.15) is 23.9 Å². The number of fused-ring (bicyclic) bond motifs is 1. The number of hydrogen-bond acceptors (Lipinski definition) is 8. The molecule has 42 heavy (non-hydrogen) atoms. The molecule has 10 N–H and O–H groups in total. The monoisotopic (exact) mass is 583 g/mol. The maximum atomic E-state index is 13.0. The number of carboxylic acids is 2. The van der Waals surface area contributed by atoms with Gasteiger partial charge in [-0.2, -0.15) is 0 Å². The third-order valence-corrected chi connectivity index (χ3v) is 6.52. The molecule has 5 unspecified atom stereocenters. The zero-order valence-corrected chi connectivity index (χ0v) is 22.6. The molecule has 0 fully saturated rings. The Hall–Kier alpha value is -4.95. The van der Waals surface area contributed by atoms with Crippen LogP contribution in [0.4, 0.5) is 0 Å². The molecule has 0 saturated heterocycles. The highest BCUT2D eigenvalue weighted by molar-refractivity contribution is 5.96. The van der Waals surface area contributed by atoms with Crippen LogP contribution in [0, 0.1) is 0 Å². The van der Waals surface area contributed by atoms with E-state index in [-0.39, 0.29) is 18.6 Å². The van der Waals surface area contributed by atoms with Crippen LogP contribution in [0.3, 0.4) is 0 Å². The molecule has 3 aromatic rings. The number of carboxylic acid groups (broad SMARTS) is 2. The fraction of sp³-hybridized carbons (Fsp3) is 0.321. The summed E-state index contributed by atoms with van der Waals surface area (Å²) in [4.78, 5) is 65.2. The number of nitrogens with two attached hydrogens (primary N) is 1. The highest BCUT2D eigenvalue weighted by atomic mass is 16.4. The van der Waals surface area contributed by atoms with Crippen LogP contribution in [0.1, 0.15) is 24.5 Å². The number of para-hydroxylation sites is 1. The van der Waals surface area contributed by atoms with Crippen molar-refractivity contribution >= 4 is 40.6 Å². The second-order valence-corrected chi connectivity index (χ2v) is 9.83. The standard InChI is InChI=1S/C28H33N5O9/c1-14(34)24(33-25(38)19(29)10-15-6-8-17(35)9-7-15)27(40)31-21(12-23(36)37)26(39)32-22(28(41)42)11-16-13-30-20-5-3-2-4-18(16)20/h2-9,13-14,19,21-22,24,30,34-35H,10-12,29H2,1H3,(H,31,40)(H,32,39)(H,33,38)(H,36,37)(H,41,42). The van der Waals surface area contributed by atoms with Gasteiger partial charge >= 0.3 is 11.9 Å². The van der Waals surface area contributed by atoms with Crippen molar-refractivity contribution in [1.29, 1.82) is 0 Å². The lowest BCUT2D eigenvalue weighted by Gasteiger charge is -2.26. The zero-order chi connectivity index (χ0) is 31.0. The van der Waals surface area contributed by atoms with E-state index < -0.39 is 66.4 Å². The number of carbonyl (C=O) groups excluding carboxylic acids is 3. The number of aromatic nitrogens is 1. The van der Waals surface area contributed by atoms with Crippen LogP contribution in [-0.4, -0.2) is 85.3 Å². The van der Waals surface area contributed by atoms with Gasteiger partial charge in [-0.3, -0.25) is 19.2 Å². The van der Waals surface area contributed by atoms with Crippen LogP contribution in [0.5, 0.6) is 5.75 Å². The van der Waals surface area contributed by atoms with Crippen molar-refractivity contribution in [1.82, 2.24) is 20.9 Å². The molecule has 0 aliphatic heterocycles. The average molecular weight is 584 g/mol. The second-order valence-electron chi connectivity index (χ2n) is 9.83. The molecule has 0 aliphatic carbocycles. The molecule has 0 radical (unpaired) electrons. The van der Waals surface area contributed by atoms with E-state index in [1.165, 1.54) is 19.1 Å². The van der Waals surface area contributed by atoms with Gasteiger partial charge in [0.05, 0.1) is 18.6 Å². The highest BCUT2D eigenvalue weighted by Gasteiger charge is 2.33. The second kappa shape index (κ2) is 14.1. The number of carbonyl (C=O) groups is 5. The fourth-order valence-corrected chi connectivity index (χ4v) is 4.28. The average Bonchev–Trinajstić information content (AvgIpc) is 3.34. The molecule has 1 heterocycles. The Morgan fingerprint density at radius 2 is 1.50 bits per heavy atom. The van der Waals surface area contributed by atoms with Gasteiger partial charge in [0.2, 0.25) is 17.7 Å². The van der Waals surface area contributed by atoms with Crippen LogP contribution in [-0.2, 0) is 36.8 Å². The first kappa shape index (κ1) is 31.6. The SMILES string of the molecule is CC(O)C(NC(=O)C(N)Cc1ccc(O)cc1)C(=O)NC(CC(=O)O)C(=O)NC(Cc1c[nH]c2ccccc12)C(=O)O. The van der Waals surface area contributed by atoms with Crippen LogP contribution in [0.25, 0.3) is 10.9 Å². The van der Waals surface area contributed by atoms with Crippen LogP contribution < -0.4 is 21.7 Å². The molecule has 3 amide bonds. The third-order valence-electron chi connectivity index (χ3n) is 6.52. The van der Waals surface area contributed by atoms with E-state index in [4.69, 9.17) is 5.73 Å². The molecular weight excluding hydrogens is 550 g/mol. The summed E-state index contributed by atoms with van der Waals surface area (Å²) in [5.41, 5.74) is 7.91. The quantitative estimate of drug-likeness (QED) is 0.116. The summed E-state index contributed by atoms with van der Waals surface area (Å²) in [7, 11) is 0. The van der Waals surface area contributed by atoms with Crippen molar-refractivity contribution in [2.75, 3.05) is 0 Å². The first-order chi connectivity index (χ1) is 19.8. The number of H-pyrrole nitrogens is 1. The summed E-state index contributed by atoms with van der Waals surface area (Å²) < 4.78 is 0. The van der Waals surface area contributed by atoms with Gasteiger partial charge in [0.25, 0.3) is 0 Å². The molecular formula is C28H33N5O9. The fourth-order valence-electron chi connectivity index (χ4n) is 4.28. The van der Waals surface area contributed by atoms with Crippen molar-refractivity contribution < 1.29 is 44.4 Å². The Balaban J connectivity index is 1.69. The summed E-state index contributed by atoms with van der Waals surface area (Å²) in [6.45, 7) is 1.20. The predicted molar refractivity (Wildman–Crippen MR) is 149 cm³/mol. The number of hydrogen-bond donors (Lipinski definition) is 9. The van der Waals surface area contributed by atoms with Gasteiger partial charge in [0, 0.05) is 23.5 Å². The lowest BCUT2D eigenvalue weighted by atomic mass is 10.0. The largest absolute Gasteiger partial charge is 0.508 e. The number of phenols is 1. The number of aliphatic hydroxyl groups is 1. The normalized spacial score (nSPS) is 14.6. The number of aliphatic carboxylic acids is 2. The molecule has 0 saturated carbocycles. The maximum absolute atomic E-state index is 13.0. The number of nitrogens with one attached hydrogen (secondary N) is 4. The summed E-state index contributed by atoms with van der Waals surface area (Å²) in [6, 6.07) is 7.10. The molecule has 14 nitrogen and oxygen atoms in total. The minimum atomic E-state index is -1.73. The predicted octanol–water partition coefficient (Wildman–Crippen LogP) is -0.619. The van der Waals surface area contributed by atoms with E-state index >= 15 is 0 Å². The van der Waals surface area contributed by atoms with Crippen LogP contribution in [0.2, 0.25) is 0 Å². The highest BCUT2D eigenvalue weighted by Crippen LogP contribution is 2.19. The van der Waals surface area contributed by atoms with Crippen molar-refractivity contribution in [2.24, 2.45) is 5.73 Å². The van der Waals surface area contributed by atoms with E-state index in [0.29, 0.717) is 11.1 Å². The number of amides is 3. The summed E-state index contributed by atoms with van der Waals surface area (Å²) in [5.74, 6) is -5.81. The molecule has 2 aromatic carbocycles. The minimum absolute atomic E-state index is 0.0233. The molecule has 14 heteroatoms. The molecule has 224 valence electrons. The third kappa shape index (κ3) is 8.52. The van der Waals surface area contributed by atoms with Gasteiger partial charge in [0.15, 0.2) is 0 Å². The smallest absolute Gasteiger partial charge is 0.326 e. The van der Waals surface area contributed by atoms with E-state index in [1.807, 2.05) is 0 Å². The Kier molecular flexibility index (Phi) is 10.6. The molecule has 0 bridgehead atoms. The number of aliphatic hydroxyl groups excluding tert-OH is 1. The lowest BCUT2D eigenvalue weighted by molar-refractivity contribution is -0.143. The molecule has 0 spiro atoms. The molecule has 5 atom stereocenters. The lowest BCUT2D eigenvalue weighted by Crippen LogP contribution is -2.60. The Bertz CT molecular complexity index is 1440. The van der Waals surface area contributed by atoms with E-state index in [0.717, 1.165) is 10.9 Å². The number of phenolic OH excluding ortho intramolecular Hbond substituents is 1. The first-order valence-electron chi connectivity index (χ1n) is 13.0. The Labute approximate surface area is 239 Å². The number of aromatic hydroxyl groups is 1. The van der Waals surface area contributed by atoms with E-state index in [1.54, 1.807) is 42.6 Å². The minimum Gasteiger partial charge on any atom is -0.508 e. The van der Waals surface area contributed by atoms with Gasteiger partial charge in [-0.1, -0.05) is 30.3 Å². The van der Waals surface area contributed by atoms with Crippen molar-refractivity contribution in [3.05, 3.63) is 65.9 Å². The van der Waals surface area contributed by atoms with Crippen LogP contribution >= 0.6 is 0 Å². The zero-order valence-electron chi connectivity index (χ0n) is 22.6. The Morgan fingerprint density at radius 3 is 2.12 bits per heavy atom. The van der Waals surface area contributed by atoms with E-state index in [2.05, 4.69) is 20.9 Å². The van der Waals surface area contributed by atoms with E-state index in [9.17, 15) is 44.4 Å². The van der Waals surface area contributed by atoms with Gasteiger partial charge in [-0.15, -0.1) is 0 Å².